The predicted molar refractivity (Wildman–Crippen MR) is 53.1 cm³/mol. The van der Waals surface area contributed by atoms with Gasteiger partial charge in [-0.05, 0) is 24.6 Å². The van der Waals surface area contributed by atoms with E-state index in [0.717, 1.165) is 16.9 Å². The zero-order chi connectivity index (χ0) is 10.2. The number of hydrogen-bond donors (Lipinski definition) is 2. The minimum Gasteiger partial charge on any atom is -0.377 e. The number of rotatable bonds is 0. The molecule has 1 heterocycles. The van der Waals surface area contributed by atoms with Crippen LogP contribution in [0.15, 0.2) is 18.2 Å². The van der Waals surface area contributed by atoms with E-state index in [0.29, 0.717) is 0 Å². The molecule has 1 aliphatic heterocycles. The van der Waals surface area contributed by atoms with E-state index in [9.17, 15) is 8.78 Å². The van der Waals surface area contributed by atoms with E-state index in [2.05, 4.69) is 10.6 Å². The Balaban J connectivity index is 2.30. The molecular weight excluding hydrogens is 186 g/mol. The van der Waals surface area contributed by atoms with Crippen LogP contribution >= 0.6 is 0 Å². The van der Waals surface area contributed by atoms with Crippen molar-refractivity contribution < 1.29 is 8.78 Å². The highest BCUT2D eigenvalue weighted by Gasteiger charge is 2.31. The lowest BCUT2D eigenvalue weighted by Crippen LogP contribution is -2.32. The van der Waals surface area contributed by atoms with E-state index in [1.165, 1.54) is 0 Å². The summed E-state index contributed by atoms with van der Waals surface area (Å²) < 4.78 is 26.0. The lowest BCUT2D eigenvalue weighted by atomic mass is 10.2. The maximum absolute atomic E-state index is 13.0. The van der Waals surface area contributed by atoms with Crippen LogP contribution in [0.1, 0.15) is 5.56 Å². The zero-order valence-electron chi connectivity index (χ0n) is 7.90. The molecule has 2 N–H and O–H groups in total. The number of alkyl halides is 2. The van der Waals surface area contributed by atoms with Gasteiger partial charge < -0.3 is 10.6 Å². The Kier molecular flexibility index (Phi) is 2.06. The summed E-state index contributed by atoms with van der Waals surface area (Å²) in [7, 11) is 0. The van der Waals surface area contributed by atoms with Crippen LogP contribution in [0, 0.1) is 6.92 Å². The van der Waals surface area contributed by atoms with Gasteiger partial charge in [0.1, 0.15) is 0 Å². The third-order valence-corrected chi connectivity index (χ3v) is 2.25. The second kappa shape index (κ2) is 3.12. The van der Waals surface area contributed by atoms with Crippen LogP contribution in [0.4, 0.5) is 20.2 Å². The molecule has 14 heavy (non-hydrogen) atoms. The first kappa shape index (κ1) is 9.24. The smallest absolute Gasteiger partial charge is 0.281 e. The molecule has 0 spiro atoms. The highest BCUT2D eigenvalue weighted by Crippen LogP contribution is 2.28. The lowest BCUT2D eigenvalue weighted by Gasteiger charge is -2.12. The minimum absolute atomic E-state index is 0.309. The first-order valence-electron chi connectivity index (χ1n) is 4.53. The van der Waals surface area contributed by atoms with Crippen LogP contribution in [-0.2, 0) is 0 Å². The third kappa shape index (κ3) is 1.78. The molecule has 0 saturated carbocycles. The molecule has 0 bridgehead atoms. The molecule has 0 atom stereocenters. The van der Waals surface area contributed by atoms with E-state index in [-0.39, 0.29) is 13.1 Å². The van der Waals surface area contributed by atoms with Crippen molar-refractivity contribution in [2.45, 2.75) is 12.8 Å². The molecule has 0 unspecified atom stereocenters. The second-order valence-corrected chi connectivity index (χ2v) is 3.61. The first-order chi connectivity index (χ1) is 6.57. The lowest BCUT2D eigenvalue weighted by molar-refractivity contribution is 0.0309. The predicted octanol–water partition coefficient (Wildman–Crippen LogP) is 2.47. The van der Waals surface area contributed by atoms with Crippen LogP contribution in [0.25, 0.3) is 0 Å². The monoisotopic (exact) mass is 198 g/mol. The summed E-state index contributed by atoms with van der Waals surface area (Å²) in [5.41, 5.74) is 2.55. The van der Waals surface area contributed by atoms with E-state index in [1.807, 2.05) is 25.1 Å². The Bertz CT molecular complexity index is 350. The van der Waals surface area contributed by atoms with E-state index >= 15 is 0 Å². The average molecular weight is 198 g/mol. The Hall–Kier alpha value is -1.32. The van der Waals surface area contributed by atoms with Gasteiger partial charge >= 0.3 is 0 Å². The van der Waals surface area contributed by atoms with Gasteiger partial charge in [-0.2, -0.15) is 0 Å². The fraction of sp³-hybridized carbons (Fsp3) is 0.400. The number of nitrogens with one attached hydrogen (secondary N) is 2. The molecule has 1 aliphatic rings. The third-order valence-electron chi connectivity index (χ3n) is 2.25. The van der Waals surface area contributed by atoms with Crippen LogP contribution in [0.3, 0.4) is 0 Å². The molecule has 0 saturated heterocycles. The molecule has 0 fully saturated rings. The number of benzene rings is 1. The van der Waals surface area contributed by atoms with Crippen molar-refractivity contribution >= 4 is 11.4 Å². The van der Waals surface area contributed by atoms with E-state index in [4.69, 9.17) is 0 Å². The molecule has 0 amide bonds. The fourth-order valence-corrected chi connectivity index (χ4v) is 1.47. The highest BCUT2D eigenvalue weighted by atomic mass is 19.3. The Labute approximate surface area is 81.3 Å². The molecule has 2 nitrogen and oxygen atoms in total. The molecule has 1 aromatic rings. The fourth-order valence-electron chi connectivity index (χ4n) is 1.47. The Morgan fingerprint density at radius 1 is 1.14 bits per heavy atom. The van der Waals surface area contributed by atoms with Crippen molar-refractivity contribution in [3.63, 3.8) is 0 Å². The van der Waals surface area contributed by atoms with Crippen molar-refractivity contribution in [2.75, 3.05) is 23.7 Å². The summed E-state index contributed by atoms with van der Waals surface area (Å²) in [6.45, 7) is 1.32. The summed E-state index contributed by atoms with van der Waals surface area (Å²) in [4.78, 5) is 0. The summed E-state index contributed by atoms with van der Waals surface area (Å²) in [5.74, 6) is -2.69. The SMILES string of the molecule is Cc1ccc2c(c1)NCC(F)(F)CN2. The molecule has 1 aromatic carbocycles. The molecule has 0 radical (unpaired) electrons. The Morgan fingerprint density at radius 3 is 2.50 bits per heavy atom. The van der Waals surface area contributed by atoms with Crippen molar-refractivity contribution in [3.05, 3.63) is 23.8 Å². The van der Waals surface area contributed by atoms with Gasteiger partial charge in [-0.1, -0.05) is 6.07 Å². The van der Waals surface area contributed by atoms with Crippen LogP contribution < -0.4 is 10.6 Å². The molecule has 76 valence electrons. The maximum atomic E-state index is 13.0. The topological polar surface area (TPSA) is 24.1 Å². The van der Waals surface area contributed by atoms with Crippen LogP contribution in [0.2, 0.25) is 0 Å². The quantitative estimate of drug-likeness (QED) is 0.669. The zero-order valence-corrected chi connectivity index (χ0v) is 7.90. The van der Waals surface area contributed by atoms with E-state index < -0.39 is 5.92 Å². The van der Waals surface area contributed by atoms with Crippen molar-refractivity contribution in [1.29, 1.82) is 0 Å². The van der Waals surface area contributed by atoms with Gasteiger partial charge in [-0.15, -0.1) is 0 Å². The number of fused-ring (bicyclic) bond motifs is 1. The summed E-state index contributed by atoms with van der Waals surface area (Å²) in [5, 5.41) is 5.47. The van der Waals surface area contributed by atoms with Gasteiger partial charge in [0.25, 0.3) is 5.92 Å². The van der Waals surface area contributed by atoms with E-state index in [1.54, 1.807) is 0 Å². The largest absolute Gasteiger partial charge is 0.377 e. The first-order valence-corrected chi connectivity index (χ1v) is 4.53. The van der Waals surface area contributed by atoms with Gasteiger partial charge in [0, 0.05) is 0 Å². The van der Waals surface area contributed by atoms with Crippen molar-refractivity contribution in [1.82, 2.24) is 0 Å². The van der Waals surface area contributed by atoms with Crippen LogP contribution in [-0.4, -0.2) is 19.0 Å². The standard InChI is InChI=1S/C10H12F2N2/c1-7-2-3-8-9(4-7)14-6-10(11,12)5-13-8/h2-4,13-14H,5-6H2,1H3. The Morgan fingerprint density at radius 2 is 1.79 bits per heavy atom. The number of hydrogen-bond acceptors (Lipinski definition) is 2. The summed E-state index contributed by atoms with van der Waals surface area (Å²) in [6.07, 6.45) is 0. The number of anilines is 2. The number of halogens is 2. The average Bonchev–Trinajstić information content (AvgIpc) is 2.26. The summed E-state index contributed by atoms with van der Waals surface area (Å²) >= 11 is 0. The summed E-state index contributed by atoms with van der Waals surface area (Å²) in [6, 6.07) is 5.58. The van der Waals surface area contributed by atoms with Crippen LogP contribution in [0.5, 0.6) is 0 Å². The van der Waals surface area contributed by atoms with Gasteiger partial charge in [0.2, 0.25) is 0 Å². The van der Waals surface area contributed by atoms with Gasteiger partial charge in [0.15, 0.2) is 0 Å². The highest BCUT2D eigenvalue weighted by molar-refractivity contribution is 5.70. The maximum Gasteiger partial charge on any atom is 0.281 e. The second-order valence-electron chi connectivity index (χ2n) is 3.61. The normalized spacial score (nSPS) is 18.8. The van der Waals surface area contributed by atoms with Gasteiger partial charge in [0.05, 0.1) is 24.5 Å². The molecule has 2 rings (SSSR count). The van der Waals surface area contributed by atoms with Crippen molar-refractivity contribution in [2.24, 2.45) is 0 Å². The van der Waals surface area contributed by atoms with Crippen molar-refractivity contribution in [3.8, 4) is 0 Å². The number of aryl methyl sites for hydroxylation is 1. The van der Waals surface area contributed by atoms with Gasteiger partial charge in [-0.25, -0.2) is 8.78 Å². The molecule has 0 aromatic heterocycles. The minimum atomic E-state index is -2.69. The molecule has 0 aliphatic carbocycles. The molecular formula is C10H12F2N2. The molecule has 4 heteroatoms. The van der Waals surface area contributed by atoms with Gasteiger partial charge in [-0.3, -0.25) is 0 Å².